The van der Waals surface area contributed by atoms with Crippen molar-refractivity contribution in [3.63, 3.8) is 0 Å². The third kappa shape index (κ3) is 4.04. The second-order valence-electron chi connectivity index (χ2n) is 6.40. The number of piperidine rings is 1. The lowest BCUT2D eigenvalue weighted by Gasteiger charge is -2.38. The largest absolute Gasteiger partial charge is 0.472 e. The van der Waals surface area contributed by atoms with Crippen molar-refractivity contribution in [2.75, 3.05) is 19.6 Å². The zero-order valence-corrected chi connectivity index (χ0v) is 13.8. The molecule has 128 valence electrons. The molecule has 1 unspecified atom stereocenters. The minimum Gasteiger partial charge on any atom is -0.472 e. The number of benzene rings is 1. The van der Waals surface area contributed by atoms with Gasteiger partial charge in [0, 0.05) is 31.7 Å². The summed E-state index contributed by atoms with van der Waals surface area (Å²) in [6, 6.07) is 12.0. The van der Waals surface area contributed by atoms with Gasteiger partial charge in [-0.3, -0.25) is 4.79 Å². The molecule has 0 radical (unpaired) electrons. The van der Waals surface area contributed by atoms with E-state index in [1.165, 1.54) is 5.56 Å². The summed E-state index contributed by atoms with van der Waals surface area (Å²) in [4.78, 5) is 14.5. The number of hydrogen-bond acceptors (Lipinski definition) is 4. The fourth-order valence-electron chi connectivity index (χ4n) is 3.16. The van der Waals surface area contributed by atoms with Gasteiger partial charge in [0.25, 0.3) is 5.91 Å². The molecule has 24 heavy (non-hydrogen) atoms. The van der Waals surface area contributed by atoms with Gasteiger partial charge in [-0.15, -0.1) is 0 Å². The van der Waals surface area contributed by atoms with Crippen LogP contribution in [-0.2, 0) is 17.8 Å². The molecule has 3 rings (SSSR count). The molecule has 2 aromatic rings. The number of carbonyl (C=O) groups is 1. The molecule has 1 fully saturated rings. The Morgan fingerprint density at radius 1 is 1.21 bits per heavy atom. The van der Waals surface area contributed by atoms with Crippen LogP contribution in [0.3, 0.4) is 0 Å². The highest BCUT2D eigenvalue weighted by atomic mass is 16.3. The number of amides is 1. The molecule has 0 aliphatic carbocycles. The predicted octanol–water partition coefficient (Wildman–Crippen LogP) is 1.97. The molecule has 2 heterocycles. The molecule has 1 aliphatic heterocycles. The van der Waals surface area contributed by atoms with Crippen LogP contribution in [0, 0.1) is 0 Å². The molecule has 5 nitrogen and oxygen atoms in total. The number of hydrogen-bond donors (Lipinski definition) is 2. The quantitative estimate of drug-likeness (QED) is 0.815. The molecular formula is C19H24N2O3. The van der Waals surface area contributed by atoms with Crippen molar-refractivity contribution in [2.45, 2.75) is 31.4 Å². The monoisotopic (exact) mass is 328 g/mol. The lowest BCUT2D eigenvalue weighted by Crippen LogP contribution is -2.58. The number of nitrogens with zero attached hydrogens (tertiary/aromatic N) is 1. The van der Waals surface area contributed by atoms with E-state index in [1.54, 1.807) is 17.4 Å². The van der Waals surface area contributed by atoms with Crippen LogP contribution in [0.4, 0.5) is 0 Å². The molecule has 1 aromatic heterocycles. The second kappa shape index (κ2) is 7.64. The number of furan rings is 1. The van der Waals surface area contributed by atoms with Crippen molar-refractivity contribution in [1.82, 2.24) is 10.2 Å². The molecule has 5 heteroatoms. The molecule has 1 atom stereocenters. The number of aliphatic hydroxyl groups is 1. The second-order valence-corrected chi connectivity index (χ2v) is 6.40. The van der Waals surface area contributed by atoms with Crippen LogP contribution in [0.15, 0.2) is 53.3 Å². The molecule has 1 aliphatic rings. The van der Waals surface area contributed by atoms with Crippen LogP contribution in [0.5, 0.6) is 0 Å². The SMILES string of the molecule is O=C1N(CCc2ccccc2)CCCC1(O)CNCc1ccoc1. The first kappa shape index (κ1) is 16.7. The lowest BCUT2D eigenvalue weighted by molar-refractivity contribution is -0.156. The Morgan fingerprint density at radius 2 is 2.04 bits per heavy atom. The Morgan fingerprint density at radius 3 is 2.79 bits per heavy atom. The molecule has 0 bridgehead atoms. The van der Waals surface area contributed by atoms with Crippen molar-refractivity contribution in [3.05, 3.63) is 60.1 Å². The van der Waals surface area contributed by atoms with Gasteiger partial charge in [-0.2, -0.15) is 0 Å². The van der Waals surface area contributed by atoms with Crippen LogP contribution in [0.25, 0.3) is 0 Å². The zero-order chi connectivity index (χ0) is 16.8. The fourth-order valence-corrected chi connectivity index (χ4v) is 3.16. The third-order valence-electron chi connectivity index (χ3n) is 4.54. The van der Waals surface area contributed by atoms with Gasteiger partial charge in [0.05, 0.1) is 12.5 Å². The van der Waals surface area contributed by atoms with Gasteiger partial charge in [0.15, 0.2) is 5.60 Å². The minimum absolute atomic E-state index is 0.163. The molecular weight excluding hydrogens is 304 g/mol. The first-order valence-electron chi connectivity index (χ1n) is 8.45. The van der Waals surface area contributed by atoms with Gasteiger partial charge in [-0.25, -0.2) is 0 Å². The Kier molecular flexibility index (Phi) is 5.33. The molecule has 1 amide bonds. The molecule has 0 saturated carbocycles. The summed E-state index contributed by atoms with van der Waals surface area (Å²) in [7, 11) is 0. The van der Waals surface area contributed by atoms with Gasteiger partial charge in [-0.05, 0) is 30.9 Å². The van der Waals surface area contributed by atoms with E-state index in [4.69, 9.17) is 4.42 Å². The smallest absolute Gasteiger partial charge is 0.255 e. The van der Waals surface area contributed by atoms with Crippen LogP contribution < -0.4 is 5.32 Å². The third-order valence-corrected chi connectivity index (χ3v) is 4.54. The van der Waals surface area contributed by atoms with Gasteiger partial charge in [0.1, 0.15) is 0 Å². The highest BCUT2D eigenvalue weighted by Crippen LogP contribution is 2.22. The van der Waals surface area contributed by atoms with E-state index in [2.05, 4.69) is 17.4 Å². The van der Waals surface area contributed by atoms with E-state index < -0.39 is 5.60 Å². The lowest BCUT2D eigenvalue weighted by atomic mass is 9.91. The summed E-state index contributed by atoms with van der Waals surface area (Å²) < 4.78 is 5.02. The van der Waals surface area contributed by atoms with Crippen molar-refractivity contribution in [3.8, 4) is 0 Å². The molecule has 2 N–H and O–H groups in total. The van der Waals surface area contributed by atoms with E-state index in [9.17, 15) is 9.90 Å². The molecule has 1 aromatic carbocycles. The number of likely N-dealkylation sites (tertiary alicyclic amines) is 1. The summed E-state index contributed by atoms with van der Waals surface area (Å²) in [5.41, 5.74) is 0.902. The maximum atomic E-state index is 12.7. The first-order valence-corrected chi connectivity index (χ1v) is 8.45. The van der Waals surface area contributed by atoms with Crippen LogP contribution in [0.2, 0.25) is 0 Å². The average Bonchev–Trinajstić information content (AvgIpc) is 3.11. The zero-order valence-electron chi connectivity index (χ0n) is 13.8. The van der Waals surface area contributed by atoms with E-state index >= 15 is 0 Å². The Bertz CT molecular complexity index is 642. The normalized spacial score (nSPS) is 21.2. The number of rotatable bonds is 7. The van der Waals surface area contributed by atoms with Crippen molar-refractivity contribution >= 4 is 5.91 Å². The van der Waals surface area contributed by atoms with E-state index in [0.717, 1.165) is 24.9 Å². The highest BCUT2D eigenvalue weighted by molar-refractivity contribution is 5.86. The van der Waals surface area contributed by atoms with Crippen LogP contribution in [-0.4, -0.2) is 41.1 Å². The number of nitrogens with one attached hydrogen (secondary N) is 1. The van der Waals surface area contributed by atoms with E-state index in [1.807, 2.05) is 24.3 Å². The summed E-state index contributed by atoms with van der Waals surface area (Å²) in [6.07, 6.45) is 5.41. The van der Waals surface area contributed by atoms with Crippen LogP contribution in [0.1, 0.15) is 24.0 Å². The summed E-state index contributed by atoms with van der Waals surface area (Å²) in [6.45, 7) is 2.21. The topological polar surface area (TPSA) is 65.7 Å². The van der Waals surface area contributed by atoms with Crippen molar-refractivity contribution in [2.24, 2.45) is 0 Å². The summed E-state index contributed by atoms with van der Waals surface area (Å²) >= 11 is 0. The standard InChI is InChI=1S/C19H24N2O3/c22-18-19(23,15-20-13-17-8-12-24-14-17)9-4-10-21(18)11-7-16-5-2-1-3-6-16/h1-3,5-6,8,12,14,20,23H,4,7,9-11,13,15H2. The Balaban J connectivity index is 1.53. The highest BCUT2D eigenvalue weighted by Gasteiger charge is 2.41. The average molecular weight is 328 g/mol. The van der Waals surface area contributed by atoms with E-state index in [0.29, 0.717) is 19.5 Å². The number of carbonyl (C=O) groups excluding carboxylic acids is 1. The van der Waals surface area contributed by atoms with Gasteiger partial charge >= 0.3 is 0 Å². The van der Waals surface area contributed by atoms with Gasteiger partial charge < -0.3 is 19.7 Å². The Labute approximate surface area is 142 Å². The summed E-state index contributed by atoms with van der Waals surface area (Å²) in [5.74, 6) is -0.163. The van der Waals surface area contributed by atoms with Crippen molar-refractivity contribution < 1.29 is 14.3 Å². The maximum Gasteiger partial charge on any atom is 0.255 e. The minimum atomic E-state index is -1.31. The van der Waals surface area contributed by atoms with Crippen molar-refractivity contribution in [1.29, 1.82) is 0 Å². The predicted molar refractivity (Wildman–Crippen MR) is 91.3 cm³/mol. The van der Waals surface area contributed by atoms with Gasteiger partial charge in [0.2, 0.25) is 0 Å². The fraction of sp³-hybridized carbons (Fsp3) is 0.421. The molecule has 0 spiro atoms. The summed E-state index contributed by atoms with van der Waals surface area (Å²) in [5, 5.41) is 13.9. The first-order chi connectivity index (χ1) is 11.7. The Hall–Kier alpha value is -2.11. The van der Waals surface area contributed by atoms with E-state index in [-0.39, 0.29) is 12.5 Å². The van der Waals surface area contributed by atoms with Gasteiger partial charge in [-0.1, -0.05) is 30.3 Å². The maximum absolute atomic E-state index is 12.7. The van der Waals surface area contributed by atoms with Crippen LogP contribution >= 0.6 is 0 Å². The molecule has 1 saturated heterocycles.